The van der Waals surface area contributed by atoms with Crippen LogP contribution in [0.3, 0.4) is 0 Å². The molecule has 0 spiro atoms. The third-order valence-corrected chi connectivity index (χ3v) is 4.25. The molecule has 96 valence electrons. The third-order valence-electron chi connectivity index (χ3n) is 4.25. The van der Waals surface area contributed by atoms with Crippen molar-refractivity contribution in [2.75, 3.05) is 0 Å². The molecular formula is C16H32. The van der Waals surface area contributed by atoms with Gasteiger partial charge in [-0.15, -0.1) is 0 Å². The van der Waals surface area contributed by atoms with Crippen LogP contribution in [-0.4, -0.2) is 0 Å². The molecule has 0 heterocycles. The fourth-order valence-corrected chi connectivity index (χ4v) is 3.75. The van der Waals surface area contributed by atoms with Gasteiger partial charge in [-0.05, 0) is 47.8 Å². The highest BCUT2D eigenvalue weighted by Gasteiger charge is 2.38. The maximum atomic E-state index is 2.52. The second kappa shape index (κ2) is 4.35. The SMILES string of the molecule is CC(C)(C)CC1(C)CCCC(C(C)(C)C)C1. The Morgan fingerprint density at radius 3 is 2.06 bits per heavy atom. The second-order valence-corrected chi connectivity index (χ2v) is 8.71. The quantitative estimate of drug-likeness (QED) is 0.538. The van der Waals surface area contributed by atoms with Crippen molar-refractivity contribution in [2.24, 2.45) is 22.2 Å². The van der Waals surface area contributed by atoms with Gasteiger partial charge in [-0.1, -0.05) is 54.9 Å². The average Bonchev–Trinajstić information content (AvgIpc) is 1.97. The summed E-state index contributed by atoms with van der Waals surface area (Å²) in [5, 5.41) is 0. The van der Waals surface area contributed by atoms with E-state index in [-0.39, 0.29) is 0 Å². The van der Waals surface area contributed by atoms with Gasteiger partial charge in [-0.25, -0.2) is 0 Å². The number of hydrogen-bond acceptors (Lipinski definition) is 0. The van der Waals surface area contributed by atoms with Crippen LogP contribution < -0.4 is 0 Å². The fraction of sp³-hybridized carbons (Fsp3) is 1.00. The zero-order chi connectivity index (χ0) is 12.6. The van der Waals surface area contributed by atoms with Gasteiger partial charge in [0.2, 0.25) is 0 Å². The van der Waals surface area contributed by atoms with Crippen LogP contribution in [-0.2, 0) is 0 Å². The molecule has 0 aromatic rings. The zero-order valence-electron chi connectivity index (χ0n) is 12.6. The van der Waals surface area contributed by atoms with E-state index in [4.69, 9.17) is 0 Å². The van der Waals surface area contributed by atoms with Crippen LogP contribution in [0.25, 0.3) is 0 Å². The van der Waals surface area contributed by atoms with Crippen LogP contribution in [0.2, 0.25) is 0 Å². The molecule has 16 heavy (non-hydrogen) atoms. The molecule has 0 aromatic carbocycles. The van der Waals surface area contributed by atoms with Crippen LogP contribution in [0, 0.1) is 22.2 Å². The van der Waals surface area contributed by atoms with E-state index in [1.807, 2.05) is 0 Å². The molecule has 0 saturated heterocycles. The highest BCUT2D eigenvalue weighted by molar-refractivity contribution is 4.90. The zero-order valence-corrected chi connectivity index (χ0v) is 12.6. The molecule has 0 nitrogen and oxygen atoms in total. The number of hydrogen-bond donors (Lipinski definition) is 0. The highest BCUT2D eigenvalue weighted by Crippen LogP contribution is 2.50. The molecule has 0 amide bonds. The lowest BCUT2D eigenvalue weighted by Gasteiger charge is -2.46. The summed E-state index contributed by atoms with van der Waals surface area (Å²) >= 11 is 0. The van der Waals surface area contributed by atoms with Gasteiger partial charge in [0.1, 0.15) is 0 Å². The highest BCUT2D eigenvalue weighted by atomic mass is 14.4. The number of rotatable bonds is 1. The topological polar surface area (TPSA) is 0 Å². The van der Waals surface area contributed by atoms with Gasteiger partial charge >= 0.3 is 0 Å². The molecule has 1 aliphatic rings. The van der Waals surface area contributed by atoms with Crippen LogP contribution in [0.4, 0.5) is 0 Å². The van der Waals surface area contributed by atoms with Gasteiger partial charge in [0, 0.05) is 0 Å². The summed E-state index contributed by atoms with van der Waals surface area (Å²) in [6.45, 7) is 16.9. The summed E-state index contributed by atoms with van der Waals surface area (Å²) in [7, 11) is 0. The van der Waals surface area contributed by atoms with Crippen LogP contribution in [0.5, 0.6) is 0 Å². The van der Waals surface area contributed by atoms with E-state index < -0.39 is 0 Å². The van der Waals surface area contributed by atoms with Gasteiger partial charge in [0.15, 0.2) is 0 Å². The predicted octanol–water partition coefficient (Wildman–Crippen LogP) is 5.67. The van der Waals surface area contributed by atoms with Crippen molar-refractivity contribution in [2.45, 2.75) is 80.6 Å². The maximum absolute atomic E-state index is 2.52. The first-order valence-corrected chi connectivity index (χ1v) is 7.02. The molecule has 0 aromatic heterocycles. The normalized spacial score (nSPS) is 32.8. The largest absolute Gasteiger partial charge is 0.0602 e. The first kappa shape index (κ1) is 14.1. The van der Waals surface area contributed by atoms with Crippen molar-refractivity contribution >= 4 is 0 Å². The Hall–Kier alpha value is 0. The molecule has 1 fully saturated rings. The first-order chi connectivity index (χ1) is 7.02. The van der Waals surface area contributed by atoms with Crippen molar-refractivity contribution in [1.82, 2.24) is 0 Å². The molecule has 1 rings (SSSR count). The van der Waals surface area contributed by atoms with E-state index >= 15 is 0 Å². The Balaban J connectivity index is 2.69. The molecule has 0 bridgehead atoms. The fourth-order valence-electron chi connectivity index (χ4n) is 3.75. The lowest BCUT2D eigenvalue weighted by molar-refractivity contribution is 0.0517. The minimum atomic E-state index is 0.481. The molecule has 2 unspecified atom stereocenters. The van der Waals surface area contributed by atoms with E-state index in [1.54, 1.807) is 0 Å². The monoisotopic (exact) mass is 224 g/mol. The van der Waals surface area contributed by atoms with E-state index in [0.29, 0.717) is 16.2 Å². The Labute approximate surface area is 103 Å². The minimum Gasteiger partial charge on any atom is -0.0602 e. The van der Waals surface area contributed by atoms with Crippen LogP contribution in [0.1, 0.15) is 80.6 Å². The summed E-state index contributed by atoms with van der Waals surface area (Å²) in [6.07, 6.45) is 7.15. The molecule has 0 heteroatoms. The summed E-state index contributed by atoms with van der Waals surface area (Å²) in [4.78, 5) is 0. The summed E-state index contributed by atoms with van der Waals surface area (Å²) < 4.78 is 0. The molecule has 1 saturated carbocycles. The molecule has 2 atom stereocenters. The van der Waals surface area contributed by atoms with Crippen molar-refractivity contribution in [3.8, 4) is 0 Å². The van der Waals surface area contributed by atoms with Crippen molar-refractivity contribution in [3.63, 3.8) is 0 Å². The van der Waals surface area contributed by atoms with Crippen molar-refractivity contribution < 1.29 is 0 Å². The second-order valence-electron chi connectivity index (χ2n) is 8.71. The van der Waals surface area contributed by atoms with Gasteiger partial charge in [-0.3, -0.25) is 0 Å². The van der Waals surface area contributed by atoms with Crippen molar-refractivity contribution in [3.05, 3.63) is 0 Å². The molecular weight excluding hydrogens is 192 g/mol. The Morgan fingerprint density at radius 2 is 1.62 bits per heavy atom. The van der Waals surface area contributed by atoms with Gasteiger partial charge in [0.25, 0.3) is 0 Å². The van der Waals surface area contributed by atoms with Crippen molar-refractivity contribution in [1.29, 1.82) is 0 Å². The van der Waals surface area contributed by atoms with E-state index in [0.717, 1.165) is 5.92 Å². The lowest BCUT2D eigenvalue weighted by atomic mass is 9.60. The average molecular weight is 224 g/mol. The predicted molar refractivity (Wildman–Crippen MR) is 73.6 cm³/mol. The summed E-state index contributed by atoms with van der Waals surface area (Å²) in [6, 6.07) is 0. The molecule has 0 N–H and O–H groups in total. The van der Waals surface area contributed by atoms with Gasteiger partial charge in [0.05, 0.1) is 0 Å². The van der Waals surface area contributed by atoms with Gasteiger partial charge < -0.3 is 0 Å². The standard InChI is InChI=1S/C16H32/c1-14(2,3)12-16(7)10-8-9-13(11-16)15(4,5)6/h13H,8-12H2,1-7H3. The Bertz CT molecular complexity index is 225. The molecule has 0 radical (unpaired) electrons. The maximum Gasteiger partial charge on any atom is -0.0318 e. The summed E-state index contributed by atoms with van der Waals surface area (Å²) in [5.74, 6) is 0.925. The Kier molecular flexibility index (Phi) is 3.82. The van der Waals surface area contributed by atoms with Crippen LogP contribution >= 0.6 is 0 Å². The smallest absolute Gasteiger partial charge is 0.0318 e. The van der Waals surface area contributed by atoms with Gasteiger partial charge in [-0.2, -0.15) is 0 Å². The lowest BCUT2D eigenvalue weighted by Crippen LogP contribution is -2.35. The summed E-state index contributed by atoms with van der Waals surface area (Å²) in [5.41, 5.74) is 1.57. The Morgan fingerprint density at radius 1 is 1.06 bits per heavy atom. The minimum absolute atomic E-state index is 0.481. The molecule has 1 aliphatic carbocycles. The molecule has 0 aliphatic heterocycles. The third kappa shape index (κ3) is 4.11. The first-order valence-electron chi connectivity index (χ1n) is 7.02. The van der Waals surface area contributed by atoms with E-state index in [1.165, 1.54) is 32.1 Å². The van der Waals surface area contributed by atoms with E-state index in [2.05, 4.69) is 48.5 Å². The van der Waals surface area contributed by atoms with E-state index in [9.17, 15) is 0 Å². The van der Waals surface area contributed by atoms with Crippen LogP contribution in [0.15, 0.2) is 0 Å².